The van der Waals surface area contributed by atoms with Crippen LogP contribution in [0.15, 0.2) is 29.9 Å². The standard InChI is InChI=1S/C12H13N3OS2/c16-10(7-14-17)1-2-12-15-11(8-18-12)9-3-5-13-6-4-9/h3-6,8,14,17H,1-2,7H2. The molecule has 18 heavy (non-hydrogen) atoms. The highest BCUT2D eigenvalue weighted by molar-refractivity contribution is 7.78. The minimum atomic E-state index is 0.144. The lowest BCUT2D eigenvalue weighted by Crippen LogP contribution is -2.14. The van der Waals surface area contributed by atoms with Crippen LogP contribution in [0.1, 0.15) is 11.4 Å². The van der Waals surface area contributed by atoms with Crippen molar-refractivity contribution in [3.63, 3.8) is 0 Å². The van der Waals surface area contributed by atoms with Gasteiger partial charge in [0.25, 0.3) is 0 Å². The maximum absolute atomic E-state index is 11.4. The van der Waals surface area contributed by atoms with Crippen molar-refractivity contribution in [1.82, 2.24) is 14.7 Å². The minimum absolute atomic E-state index is 0.144. The first kappa shape index (κ1) is 13.2. The van der Waals surface area contributed by atoms with Gasteiger partial charge in [0, 0.05) is 36.2 Å². The number of hydrogen-bond acceptors (Lipinski definition) is 6. The summed E-state index contributed by atoms with van der Waals surface area (Å²) < 4.78 is 2.56. The van der Waals surface area contributed by atoms with E-state index in [9.17, 15) is 4.79 Å². The Morgan fingerprint density at radius 2 is 2.17 bits per heavy atom. The van der Waals surface area contributed by atoms with E-state index in [4.69, 9.17) is 0 Å². The van der Waals surface area contributed by atoms with Gasteiger partial charge in [-0.05, 0) is 12.1 Å². The zero-order valence-electron chi connectivity index (χ0n) is 9.67. The number of thiol groups is 1. The molecule has 0 aliphatic rings. The molecule has 0 bridgehead atoms. The van der Waals surface area contributed by atoms with E-state index in [0.29, 0.717) is 19.4 Å². The number of rotatable bonds is 6. The molecule has 2 aromatic heterocycles. The highest BCUT2D eigenvalue weighted by atomic mass is 32.1. The lowest BCUT2D eigenvalue weighted by molar-refractivity contribution is -0.117. The molecule has 94 valence electrons. The predicted molar refractivity (Wildman–Crippen MR) is 75.7 cm³/mol. The molecule has 0 aliphatic heterocycles. The fraction of sp³-hybridized carbons (Fsp3) is 0.250. The van der Waals surface area contributed by atoms with Gasteiger partial charge in [0.2, 0.25) is 0 Å². The lowest BCUT2D eigenvalue weighted by Gasteiger charge is -1.97. The van der Waals surface area contributed by atoms with E-state index in [0.717, 1.165) is 16.3 Å². The van der Waals surface area contributed by atoms with Crippen LogP contribution in [0.5, 0.6) is 0 Å². The van der Waals surface area contributed by atoms with Crippen LogP contribution in [-0.4, -0.2) is 22.3 Å². The highest BCUT2D eigenvalue weighted by Crippen LogP contribution is 2.21. The average Bonchev–Trinajstić information content (AvgIpc) is 2.87. The van der Waals surface area contributed by atoms with Crippen molar-refractivity contribution >= 4 is 29.9 Å². The first-order valence-corrected chi connectivity index (χ1v) is 6.85. The van der Waals surface area contributed by atoms with Gasteiger partial charge in [0.15, 0.2) is 0 Å². The molecule has 1 N–H and O–H groups in total. The van der Waals surface area contributed by atoms with E-state index >= 15 is 0 Å². The molecular weight excluding hydrogens is 266 g/mol. The van der Waals surface area contributed by atoms with Crippen LogP contribution in [-0.2, 0) is 11.2 Å². The van der Waals surface area contributed by atoms with Crippen molar-refractivity contribution < 1.29 is 4.79 Å². The van der Waals surface area contributed by atoms with Gasteiger partial charge >= 0.3 is 0 Å². The normalized spacial score (nSPS) is 10.5. The molecule has 0 saturated carbocycles. The van der Waals surface area contributed by atoms with Crippen molar-refractivity contribution in [3.05, 3.63) is 34.9 Å². The number of nitrogens with one attached hydrogen (secondary N) is 1. The summed E-state index contributed by atoms with van der Waals surface area (Å²) in [4.78, 5) is 19.8. The second-order valence-corrected chi connectivity index (χ2v) is 4.99. The summed E-state index contributed by atoms with van der Waals surface area (Å²) in [7, 11) is 0. The van der Waals surface area contributed by atoms with Crippen LogP contribution >= 0.6 is 24.2 Å². The van der Waals surface area contributed by atoms with E-state index in [1.165, 1.54) is 0 Å². The van der Waals surface area contributed by atoms with Gasteiger partial charge in [0.1, 0.15) is 5.78 Å². The molecule has 0 saturated heterocycles. The lowest BCUT2D eigenvalue weighted by atomic mass is 10.2. The number of aryl methyl sites for hydroxylation is 1. The molecule has 0 atom stereocenters. The van der Waals surface area contributed by atoms with Crippen molar-refractivity contribution in [2.75, 3.05) is 6.54 Å². The molecule has 0 amide bonds. The van der Waals surface area contributed by atoms with Crippen molar-refractivity contribution in [3.8, 4) is 11.3 Å². The molecule has 6 heteroatoms. The number of carbonyl (C=O) groups excluding carboxylic acids is 1. The zero-order valence-corrected chi connectivity index (χ0v) is 11.4. The zero-order chi connectivity index (χ0) is 12.8. The largest absolute Gasteiger partial charge is 0.298 e. The molecular formula is C12H13N3OS2. The third kappa shape index (κ3) is 3.63. The smallest absolute Gasteiger partial charge is 0.147 e. The van der Waals surface area contributed by atoms with Crippen LogP contribution in [0.4, 0.5) is 0 Å². The van der Waals surface area contributed by atoms with Gasteiger partial charge < -0.3 is 0 Å². The monoisotopic (exact) mass is 279 g/mol. The summed E-state index contributed by atoms with van der Waals surface area (Å²) in [6, 6.07) is 3.85. The van der Waals surface area contributed by atoms with Crippen LogP contribution < -0.4 is 4.72 Å². The quantitative estimate of drug-likeness (QED) is 0.796. The van der Waals surface area contributed by atoms with Gasteiger partial charge in [-0.25, -0.2) is 4.98 Å². The molecule has 0 aromatic carbocycles. The molecule has 4 nitrogen and oxygen atoms in total. The van der Waals surface area contributed by atoms with E-state index < -0.39 is 0 Å². The molecule has 0 unspecified atom stereocenters. The Kier molecular flexibility index (Phi) is 4.86. The van der Waals surface area contributed by atoms with Crippen molar-refractivity contribution in [2.24, 2.45) is 0 Å². The van der Waals surface area contributed by atoms with Crippen LogP contribution in [0.25, 0.3) is 11.3 Å². The summed E-state index contributed by atoms with van der Waals surface area (Å²) in [5, 5.41) is 2.99. The minimum Gasteiger partial charge on any atom is -0.298 e. The molecule has 0 spiro atoms. The molecule has 2 rings (SSSR count). The van der Waals surface area contributed by atoms with Gasteiger partial charge in [-0.15, -0.1) is 11.3 Å². The van der Waals surface area contributed by atoms with Crippen LogP contribution in [0, 0.1) is 0 Å². The fourth-order valence-electron chi connectivity index (χ4n) is 1.50. The Balaban J connectivity index is 1.97. The molecule has 2 aromatic rings. The van der Waals surface area contributed by atoms with Gasteiger partial charge in [-0.3, -0.25) is 14.5 Å². The number of ketones is 1. The molecule has 0 aliphatic carbocycles. The third-order valence-electron chi connectivity index (χ3n) is 2.42. The fourth-order valence-corrected chi connectivity index (χ4v) is 2.49. The highest BCUT2D eigenvalue weighted by Gasteiger charge is 2.06. The van der Waals surface area contributed by atoms with Crippen molar-refractivity contribution in [2.45, 2.75) is 12.8 Å². The van der Waals surface area contributed by atoms with Gasteiger partial charge in [0.05, 0.1) is 17.2 Å². The number of aromatic nitrogens is 2. The maximum Gasteiger partial charge on any atom is 0.147 e. The summed E-state index contributed by atoms with van der Waals surface area (Å²) in [6.07, 6.45) is 4.67. The number of carbonyl (C=O) groups is 1. The Morgan fingerprint density at radius 3 is 2.89 bits per heavy atom. The molecule has 0 fully saturated rings. The number of pyridine rings is 1. The topological polar surface area (TPSA) is 54.9 Å². The van der Waals surface area contributed by atoms with Gasteiger partial charge in [-0.1, -0.05) is 12.8 Å². The Hall–Kier alpha value is -1.24. The molecule has 2 heterocycles. The van der Waals surface area contributed by atoms with E-state index in [1.807, 2.05) is 17.5 Å². The Morgan fingerprint density at radius 1 is 1.39 bits per heavy atom. The van der Waals surface area contributed by atoms with E-state index in [2.05, 4.69) is 27.5 Å². The first-order chi connectivity index (χ1) is 8.79. The molecule has 0 radical (unpaired) electrons. The van der Waals surface area contributed by atoms with Crippen LogP contribution in [0.3, 0.4) is 0 Å². The number of thiazole rings is 1. The van der Waals surface area contributed by atoms with Gasteiger partial charge in [-0.2, -0.15) is 0 Å². The maximum atomic E-state index is 11.4. The second-order valence-electron chi connectivity index (χ2n) is 3.74. The van der Waals surface area contributed by atoms with E-state index in [-0.39, 0.29) is 5.78 Å². The summed E-state index contributed by atoms with van der Waals surface area (Å²) in [5.74, 6) is 0.144. The number of Topliss-reactive ketones (excluding diaryl/α,β-unsaturated/α-hetero) is 1. The summed E-state index contributed by atoms with van der Waals surface area (Å²) >= 11 is 5.38. The second kappa shape index (κ2) is 6.63. The third-order valence-corrected chi connectivity index (χ3v) is 3.49. The van der Waals surface area contributed by atoms with Crippen LogP contribution in [0.2, 0.25) is 0 Å². The number of nitrogens with zero attached hydrogens (tertiary/aromatic N) is 2. The first-order valence-electron chi connectivity index (χ1n) is 5.53. The Labute approximate surface area is 115 Å². The average molecular weight is 279 g/mol. The predicted octanol–water partition coefficient (Wildman–Crippen LogP) is 2.14. The van der Waals surface area contributed by atoms with Crippen molar-refractivity contribution in [1.29, 1.82) is 0 Å². The summed E-state index contributed by atoms with van der Waals surface area (Å²) in [5.41, 5.74) is 1.99. The van der Waals surface area contributed by atoms with E-state index in [1.54, 1.807) is 23.7 Å². The summed E-state index contributed by atoms with van der Waals surface area (Å²) in [6.45, 7) is 0.297. The Bertz CT molecular complexity index is 513. The SMILES string of the molecule is O=C(CCc1nc(-c2ccncc2)cs1)CNS. The number of hydrogen-bond donors (Lipinski definition) is 2.